The van der Waals surface area contributed by atoms with E-state index in [1.165, 1.54) is 0 Å². The molecular weight excluding hydrogens is 402 g/mol. The summed E-state index contributed by atoms with van der Waals surface area (Å²) < 4.78 is 0.997. The first-order valence-corrected chi connectivity index (χ1v) is 8.87. The van der Waals surface area contributed by atoms with Gasteiger partial charge in [-0.3, -0.25) is 9.69 Å². The van der Waals surface area contributed by atoms with Crippen LogP contribution in [0.3, 0.4) is 0 Å². The summed E-state index contributed by atoms with van der Waals surface area (Å²) in [6.07, 6.45) is 1.21. The first-order valence-electron chi connectivity index (χ1n) is 7.69. The average Bonchev–Trinajstić information content (AvgIpc) is 2.90. The van der Waals surface area contributed by atoms with Gasteiger partial charge in [-0.05, 0) is 42.5 Å². The maximum atomic E-state index is 12.9. The van der Waals surface area contributed by atoms with Crippen molar-refractivity contribution in [1.29, 1.82) is 0 Å². The minimum atomic E-state index is -0.335. The van der Waals surface area contributed by atoms with E-state index in [0.717, 1.165) is 15.7 Å². The number of carbonyl (C=O) groups excluding carboxylic acids is 1. The second-order valence-corrected chi connectivity index (χ2v) is 7.00. The van der Waals surface area contributed by atoms with Crippen LogP contribution in [-0.2, 0) is 0 Å². The van der Waals surface area contributed by atoms with Crippen molar-refractivity contribution < 1.29 is 4.79 Å². The van der Waals surface area contributed by atoms with Gasteiger partial charge in [0.25, 0.3) is 5.91 Å². The Morgan fingerprint density at radius 3 is 2.52 bits per heavy atom. The van der Waals surface area contributed by atoms with E-state index in [2.05, 4.69) is 26.2 Å². The quantitative estimate of drug-likeness (QED) is 0.635. The zero-order chi connectivity index (χ0) is 17.4. The number of hydrogen-bond donors (Lipinski definition) is 1. The number of carbonyl (C=O) groups is 1. The zero-order valence-corrected chi connectivity index (χ0v) is 15.3. The second-order valence-electron chi connectivity index (χ2n) is 5.65. The molecule has 124 valence electrons. The summed E-state index contributed by atoms with van der Waals surface area (Å²) in [6, 6.07) is 18.9. The Labute approximate surface area is 158 Å². The van der Waals surface area contributed by atoms with E-state index in [0.29, 0.717) is 16.4 Å². The van der Waals surface area contributed by atoms with Gasteiger partial charge in [-0.25, -0.2) is 4.98 Å². The third-order valence-corrected chi connectivity index (χ3v) is 4.82. The van der Waals surface area contributed by atoms with Crippen molar-refractivity contribution >= 4 is 44.9 Å². The van der Waals surface area contributed by atoms with Gasteiger partial charge in [0.2, 0.25) is 0 Å². The van der Waals surface area contributed by atoms with Crippen LogP contribution in [0.5, 0.6) is 0 Å². The summed E-state index contributed by atoms with van der Waals surface area (Å²) in [7, 11) is 0. The summed E-state index contributed by atoms with van der Waals surface area (Å²) in [5, 5.41) is 3.96. The molecule has 25 heavy (non-hydrogen) atoms. The number of nitrogens with one attached hydrogen (secondary N) is 1. The van der Waals surface area contributed by atoms with Gasteiger partial charge in [-0.1, -0.05) is 45.7 Å². The molecule has 0 unspecified atom stereocenters. The molecule has 6 heteroatoms. The molecule has 4 nitrogen and oxygen atoms in total. The molecular formula is C19H13BrClN3O. The van der Waals surface area contributed by atoms with Crippen LogP contribution in [-0.4, -0.2) is 10.9 Å². The SMILES string of the molecule is O=C1c2ccccc2[C@H](Nc2ccc(Br)cc2)N1c1ccc(Cl)cn1. The number of halogens is 2. The van der Waals surface area contributed by atoms with Crippen LogP contribution in [0.4, 0.5) is 11.5 Å². The van der Waals surface area contributed by atoms with E-state index < -0.39 is 0 Å². The highest BCUT2D eigenvalue weighted by Crippen LogP contribution is 2.37. The molecule has 0 saturated carbocycles. The maximum Gasteiger partial charge on any atom is 0.261 e. The lowest BCUT2D eigenvalue weighted by atomic mass is 10.1. The molecule has 1 aliphatic rings. The Morgan fingerprint density at radius 2 is 1.80 bits per heavy atom. The highest BCUT2D eigenvalue weighted by Gasteiger charge is 2.38. The number of aromatic nitrogens is 1. The van der Waals surface area contributed by atoms with Gasteiger partial charge in [0.1, 0.15) is 12.0 Å². The van der Waals surface area contributed by atoms with Crippen LogP contribution < -0.4 is 10.2 Å². The van der Waals surface area contributed by atoms with Crippen LogP contribution in [0, 0.1) is 0 Å². The van der Waals surface area contributed by atoms with E-state index in [9.17, 15) is 4.79 Å². The molecule has 0 spiro atoms. The first kappa shape index (κ1) is 16.1. The van der Waals surface area contributed by atoms with Crippen LogP contribution in [0.15, 0.2) is 71.3 Å². The number of benzene rings is 2. The zero-order valence-electron chi connectivity index (χ0n) is 13.0. The molecule has 2 aromatic carbocycles. The molecule has 0 bridgehead atoms. The van der Waals surface area contributed by atoms with Gasteiger partial charge in [-0.15, -0.1) is 0 Å². The van der Waals surface area contributed by atoms with Gasteiger partial charge in [0, 0.05) is 27.5 Å². The molecule has 1 atom stereocenters. The van der Waals surface area contributed by atoms with E-state index in [4.69, 9.17) is 11.6 Å². The molecule has 0 radical (unpaired) electrons. The number of hydrogen-bond acceptors (Lipinski definition) is 3. The van der Waals surface area contributed by atoms with Gasteiger partial charge >= 0.3 is 0 Å². The average molecular weight is 415 g/mol. The van der Waals surface area contributed by atoms with Crippen LogP contribution in [0.1, 0.15) is 22.1 Å². The Balaban J connectivity index is 1.77. The molecule has 0 saturated heterocycles. The first-order chi connectivity index (χ1) is 12.1. The third kappa shape index (κ3) is 3.01. The summed E-state index contributed by atoms with van der Waals surface area (Å²) in [6.45, 7) is 0. The second kappa shape index (κ2) is 6.50. The van der Waals surface area contributed by atoms with Crippen molar-refractivity contribution in [2.45, 2.75) is 6.17 Å². The third-order valence-electron chi connectivity index (χ3n) is 4.07. The van der Waals surface area contributed by atoms with Crippen LogP contribution in [0.2, 0.25) is 5.02 Å². The topological polar surface area (TPSA) is 45.2 Å². The summed E-state index contributed by atoms with van der Waals surface area (Å²) in [5.74, 6) is 0.472. The van der Waals surface area contributed by atoms with Crippen LogP contribution >= 0.6 is 27.5 Å². The summed E-state index contributed by atoms with van der Waals surface area (Å²) in [5.41, 5.74) is 2.51. The molecule has 2 heterocycles. The lowest BCUT2D eigenvalue weighted by Crippen LogP contribution is -2.32. The predicted molar refractivity (Wildman–Crippen MR) is 103 cm³/mol. The number of rotatable bonds is 3. The smallest absolute Gasteiger partial charge is 0.261 e. The van der Waals surface area contributed by atoms with E-state index in [-0.39, 0.29) is 12.1 Å². The fourth-order valence-electron chi connectivity index (χ4n) is 2.91. The van der Waals surface area contributed by atoms with Crippen molar-refractivity contribution in [3.63, 3.8) is 0 Å². The van der Waals surface area contributed by atoms with Crippen molar-refractivity contribution in [2.75, 3.05) is 10.2 Å². The van der Waals surface area contributed by atoms with E-state index in [1.54, 1.807) is 23.2 Å². The van der Waals surface area contributed by atoms with Crippen LogP contribution in [0.25, 0.3) is 0 Å². The van der Waals surface area contributed by atoms with Gasteiger partial charge in [-0.2, -0.15) is 0 Å². The Hall–Kier alpha value is -2.37. The van der Waals surface area contributed by atoms with Crippen molar-refractivity contribution in [3.8, 4) is 0 Å². The fraction of sp³-hybridized carbons (Fsp3) is 0.0526. The van der Waals surface area contributed by atoms with Gasteiger partial charge < -0.3 is 5.32 Å². The molecule has 0 fully saturated rings. The highest BCUT2D eigenvalue weighted by atomic mass is 79.9. The molecule has 1 aliphatic heterocycles. The Bertz CT molecular complexity index is 928. The molecule has 1 aromatic heterocycles. The summed E-state index contributed by atoms with van der Waals surface area (Å²) in [4.78, 5) is 18.9. The summed E-state index contributed by atoms with van der Waals surface area (Å²) >= 11 is 9.37. The molecule has 1 N–H and O–H groups in total. The molecule has 4 rings (SSSR count). The van der Waals surface area contributed by atoms with E-state index in [1.807, 2.05) is 48.5 Å². The molecule has 3 aromatic rings. The molecule has 1 amide bonds. The predicted octanol–water partition coefficient (Wildman–Crippen LogP) is 5.27. The van der Waals surface area contributed by atoms with Gasteiger partial charge in [0.15, 0.2) is 0 Å². The van der Waals surface area contributed by atoms with E-state index >= 15 is 0 Å². The minimum absolute atomic E-state index is 0.0833. The normalized spacial score (nSPS) is 16.0. The Kier molecular flexibility index (Phi) is 4.19. The van der Waals surface area contributed by atoms with Gasteiger partial charge in [0.05, 0.1) is 5.02 Å². The number of amides is 1. The maximum absolute atomic E-state index is 12.9. The van der Waals surface area contributed by atoms with Crippen molar-refractivity contribution in [2.24, 2.45) is 0 Å². The number of fused-ring (bicyclic) bond motifs is 1. The number of anilines is 2. The lowest BCUT2D eigenvalue weighted by molar-refractivity contribution is 0.0992. The standard InChI is InChI=1S/C19H13BrClN3O/c20-12-5-8-14(9-6-12)23-18-15-3-1-2-4-16(15)19(25)24(18)17-10-7-13(21)11-22-17/h1-11,18,23H/t18-/m1/s1. The largest absolute Gasteiger partial charge is 0.361 e. The van der Waals surface area contributed by atoms with Crippen molar-refractivity contribution in [1.82, 2.24) is 4.98 Å². The Morgan fingerprint density at radius 1 is 1.04 bits per heavy atom. The van der Waals surface area contributed by atoms with Crippen molar-refractivity contribution in [3.05, 3.63) is 87.5 Å². The minimum Gasteiger partial charge on any atom is -0.361 e. The number of nitrogens with zero attached hydrogens (tertiary/aromatic N) is 2. The number of pyridine rings is 1. The highest BCUT2D eigenvalue weighted by molar-refractivity contribution is 9.10. The monoisotopic (exact) mass is 413 g/mol. The lowest BCUT2D eigenvalue weighted by Gasteiger charge is -2.26. The molecule has 0 aliphatic carbocycles. The fourth-order valence-corrected chi connectivity index (χ4v) is 3.29.